The van der Waals surface area contributed by atoms with Gasteiger partial charge in [-0.05, 0) is 81.4 Å². The van der Waals surface area contributed by atoms with E-state index < -0.39 is 0 Å². The quantitative estimate of drug-likeness (QED) is 0.177. The first-order valence-electron chi connectivity index (χ1n) is 19.3. The predicted octanol–water partition coefficient (Wildman–Crippen LogP) is 13.0. The average Bonchev–Trinajstić information content (AvgIpc) is 3.93. The Balaban J connectivity index is 1.04. The highest BCUT2D eigenvalue weighted by molar-refractivity contribution is 6.11. The van der Waals surface area contributed by atoms with Crippen LogP contribution < -0.4 is 0 Å². The molecule has 1 atom stereocenters. The van der Waals surface area contributed by atoms with E-state index in [1.807, 2.05) is 30.3 Å². The molecular weight excluding hydrogens is 697 g/mol. The third-order valence-corrected chi connectivity index (χ3v) is 11.6. The molecule has 3 aromatic heterocycles. The summed E-state index contributed by atoms with van der Waals surface area (Å²) in [5.41, 5.74) is 14.3. The molecule has 0 bridgehead atoms. The van der Waals surface area contributed by atoms with Gasteiger partial charge in [-0.1, -0.05) is 146 Å². The SMILES string of the molecule is c1ccc(-c2nc(-c3ccc4c(c3)C(c3ccccc3)c3ccccc3-4)nc(-n3c4ccccc4c4cc(-c5ccc6c(c5)oc5ccccc56)ccc43)n2)cc1. The molecule has 3 heterocycles. The van der Waals surface area contributed by atoms with E-state index in [1.54, 1.807) is 0 Å². The largest absolute Gasteiger partial charge is 0.456 e. The lowest BCUT2D eigenvalue weighted by atomic mass is 9.89. The third-order valence-electron chi connectivity index (χ3n) is 11.6. The van der Waals surface area contributed by atoms with Gasteiger partial charge < -0.3 is 4.42 Å². The molecule has 1 unspecified atom stereocenters. The topological polar surface area (TPSA) is 56.7 Å². The van der Waals surface area contributed by atoms with Gasteiger partial charge in [0.2, 0.25) is 5.95 Å². The lowest BCUT2D eigenvalue weighted by Crippen LogP contribution is -2.06. The number of hydrogen-bond acceptors (Lipinski definition) is 4. The molecule has 1 aliphatic rings. The van der Waals surface area contributed by atoms with Crippen molar-refractivity contribution in [3.8, 4) is 51.0 Å². The molecule has 266 valence electrons. The Morgan fingerprint density at radius 1 is 0.386 bits per heavy atom. The van der Waals surface area contributed by atoms with E-state index in [-0.39, 0.29) is 5.92 Å². The number of hydrogen-bond donors (Lipinski definition) is 0. The second-order valence-corrected chi connectivity index (χ2v) is 14.8. The van der Waals surface area contributed by atoms with Crippen LogP contribution in [0.5, 0.6) is 0 Å². The van der Waals surface area contributed by atoms with Crippen LogP contribution in [-0.2, 0) is 0 Å². The van der Waals surface area contributed by atoms with Gasteiger partial charge in [-0.3, -0.25) is 4.57 Å². The monoisotopic (exact) mass is 728 g/mol. The van der Waals surface area contributed by atoms with E-state index in [1.165, 1.54) is 27.8 Å². The zero-order chi connectivity index (χ0) is 37.5. The van der Waals surface area contributed by atoms with Crippen LogP contribution in [0.4, 0.5) is 0 Å². The summed E-state index contributed by atoms with van der Waals surface area (Å²) in [6.07, 6.45) is 0. The summed E-state index contributed by atoms with van der Waals surface area (Å²) in [5, 5.41) is 4.50. The lowest BCUT2D eigenvalue weighted by Gasteiger charge is -2.15. The highest BCUT2D eigenvalue weighted by Gasteiger charge is 2.30. The standard InChI is InChI=1S/C52H32N4O/c1-3-13-32(14-4-1)49-42-20-8-7-17-37(42)38-26-24-36(30-44(38)49)51-53-50(33-15-5-2-6-16-33)54-52(55-51)56-45-21-11-9-18-39(45)43-29-34(25-28-46(43)56)35-23-27-41-40-19-10-12-22-47(40)57-48(41)31-35/h1-31,49H. The van der Waals surface area contributed by atoms with Crippen LogP contribution in [0, 0.1) is 0 Å². The molecule has 0 aliphatic heterocycles. The average molecular weight is 729 g/mol. The fourth-order valence-corrected chi connectivity index (χ4v) is 8.94. The number of para-hydroxylation sites is 2. The number of furan rings is 1. The summed E-state index contributed by atoms with van der Waals surface area (Å²) < 4.78 is 8.46. The maximum atomic E-state index is 6.27. The van der Waals surface area contributed by atoms with Gasteiger partial charge in [0.25, 0.3) is 0 Å². The van der Waals surface area contributed by atoms with Gasteiger partial charge >= 0.3 is 0 Å². The minimum absolute atomic E-state index is 0.117. The fourth-order valence-electron chi connectivity index (χ4n) is 8.94. The molecule has 0 saturated heterocycles. The molecule has 0 amide bonds. The van der Waals surface area contributed by atoms with Crippen LogP contribution in [0.1, 0.15) is 22.6 Å². The molecule has 5 nitrogen and oxygen atoms in total. The third kappa shape index (κ3) is 4.99. The summed E-state index contributed by atoms with van der Waals surface area (Å²) in [6, 6.07) is 66.3. The predicted molar refractivity (Wildman–Crippen MR) is 231 cm³/mol. The Morgan fingerprint density at radius 2 is 1.02 bits per heavy atom. The van der Waals surface area contributed by atoms with Crippen LogP contribution >= 0.6 is 0 Å². The van der Waals surface area contributed by atoms with Gasteiger partial charge in [0.15, 0.2) is 11.6 Å². The second-order valence-electron chi connectivity index (χ2n) is 14.8. The van der Waals surface area contributed by atoms with E-state index in [9.17, 15) is 0 Å². The van der Waals surface area contributed by atoms with Crippen LogP contribution in [0.15, 0.2) is 192 Å². The van der Waals surface area contributed by atoms with Gasteiger partial charge in [-0.2, -0.15) is 9.97 Å². The van der Waals surface area contributed by atoms with Gasteiger partial charge in [-0.25, -0.2) is 4.98 Å². The van der Waals surface area contributed by atoms with E-state index in [4.69, 9.17) is 19.4 Å². The number of aromatic nitrogens is 4. The summed E-state index contributed by atoms with van der Waals surface area (Å²) in [4.78, 5) is 15.7. The van der Waals surface area contributed by atoms with Gasteiger partial charge in [0, 0.05) is 38.6 Å². The van der Waals surface area contributed by atoms with Crippen molar-refractivity contribution >= 4 is 43.7 Å². The maximum absolute atomic E-state index is 6.27. The van der Waals surface area contributed by atoms with E-state index in [0.717, 1.165) is 66.0 Å². The number of nitrogens with zero attached hydrogens (tertiary/aromatic N) is 4. The van der Waals surface area contributed by atoms with Crippen LogP contribution in [0.2, 0.25) is 0 Å². The number of fused-ring (bicyclic) bond motifs is 9. The minimum Gasteiger partial charge on any atom is -0.456 e. The van der Waals surface area contributed by atoms with Crippen molar-refractivity contribution in [2.45, 2.75) is 5.92 Å². The zero-order valence-corrected chi connectivity index (χ0v) is 30.7. The van der Waals surface area contributed by atoms with E-state index in [2.05, 4.69) is 162 Å². The fraction of sp³-hybridized carbons (Fsp3) is 0.0192. The molecule has 0 fully saturated rings. The summed E-state index contributed by atoms with van der Waals surface area (Å²) >= 11 is 0. The Kier molecular flexibility index (Phi) is 6.92. The zero-order valence-electron chi connectivity index (χ0n) is 30.7. The second kappa shape index (κ2) is 12.4. The summed E-state index contributed by atoms with van der Waals surface area (Å²) in [7, 11) is 0. The van der Waals surface area contributed by atoms with Gasteiger partial charge in [-0.15, -0.1) is 0 Å². The van der Waals surface area contributed by atoms with Gasteiger partial charge in [0.05, 0.1) is 11.0 Å². The molecule has 5 heteroatoms. The van der Waals surface area contributed by atoms with E-state index >= 15 is 0 Å². The first-order chi connectivity index (χ1) is 28.2. The van der Waals surface area contributed by atoms with Crippen molar-refractivity contribution in [1.82, 2.24) is 19.5 Å². The number of rotatable bonds is 5. The highest BCUT2D eigenvalue weighted by Crippen LogP contribution is 2.49. The van der Waals surface area contributed by atoms with Crippen LogP contribution in [0.25, 0.3) is 94.7 Å². The molecule has 8 aromatic carbocycles. The van der Waals surface area contributed by atoms with Crippen LogP contribution in [0.3, 0.4) is 0 Å². The molecule has 0 N–H and O–H groups in total. The molecule has 0 saturated carbocycles. The van der Waals surface area contributed by atoms with Crippen molar-refractivity contribution in [1.29, 1.82) is 0 Å². The molecule has 0 spiro atoms. The molecule has 1 aliphatic carbocycles. The number of benzene rings is 8. The van der Waals surface area contributed by atoms with Crippen molar-refractivity contribution < 1.29 is 4.42 Å². The van der Waals surface area contributed by atoms with Crippen molar-refractivity contribution in [3.63, 3.8) is 0 Å². The van der Waals surface area contributed by atoms with Gasteiger partial charge in [0.1, 0.15) is 11.2 Å². The first-order valence-corrected chi connectivity index (χ1v) is 19.3. The Morgan fingerprint density at radius 3 is 1.89 bits per heavy atom. The molecular formula is C52H32N4O. The van der Waals surface area contributed by atoms with Crippen molar-refractivity contribution in [2.24, 2.45) is 0 Å². The highest BCUT2D eigenvalue weighted by atomic mass is 16.3. The van der Waals surface area contributed by atoms with Crippen molar-refractivity contribution in [3.05, 3.63) is 205 Å². The molecule has 12 rings (SSSR count). The lowest BCUT2D eigenvalue weighted by molar-refractivity contribution is 0.669. The van der Waals surface area contributed by atoms with E-state index in [0.29, 0.717) is 17.6 Å². The minimum atomic E-state index is 0.117. The summed E-state index contributed by atoms with van der Waals surface area (Å²) in [5.74, 6) is 1.95. The van der Waals surface area contributed by atoms with Crippen LogP contribution in [-0.4, -0.2) is 19.5 Å². The molecule has 0 radical (unpaired) electrons. The Bertz CT molecular complexity index is 3360. The first kappa shape index (κ1) is 31.7. The Labute approximate surface area is 328 Å². The normalized spacial score (nSPS) is 13.4. The summed E-state index contributed by atoms with van der Waals surface area (Å²) in [6.45, 7) is 0. The Hall–Kier alpha value is -7.63. The molecule has 57 heavy (non-hydrogen) atoms. The smallest absolute Gasteiger partial charge is 0.238 e. The van der Waals surface area contributed by atoms with Crippen molar-refractivity contribution in [2.75, 3.05) is 0 Å². The molecule has 11 aromatic rings. The maximum Gasteiger partial charge on any atom is 0.238 e.